The number of nitrogens with zero attached hydrogens (tertiary/aromatic N) is 3. The number of hydrogen-bond donors (Lipinski definition) is 0. The van der Waals surface area contributed by atoms with E-state index in [0.717, 1.165) is 26.9 Å². The first-order valence-corrected chi connectivity index (χ1v) is 11.7. The number of aryl methyl sites for hydroxylation is 3. The average Bonchev–Trinajstić information content (AvgIpc) is 3.22. The highest BCUT2D eigenvalue weighted by molar-refractivity contribution is 5.98. The van der Waals surface area contributed by atoms with Crippen molar-refractivity contribution >= 4 is 10.9 Å². The molecule has 0 bridgehead atoms. The summed E-state index contributed by atoms with van der Waals surface area (Å²) in [5.74, 6) is 0.219. The van der Waals surface area contributed by atoms with Gasteiger partial charge in [0.15, 0.2) is 6.10 Å². The number of hydrogen-bond acceptors (Lipinski definition) is 3. The highest BCUT2D eigenvalue weighted by Crippen LogP contribution is 2.47. The van der Waals surface area contributed by atoms with Crippen LogP contribution in [0.25, 0.3) is 27.8 Å². The van der Waals surface area contributed by atoms with E-state index in [1.807, 2.05) is 60.9 Å². The van der Waals surface area contributed by atoms with Crippen LogP contribution in [0, 0.1) is 19.7 Å². The zero-order valence-corrected chi connectivity index (χ0v) is 20.4. The number of ether oxygens (including phenoxy) is 1. The fraction of sp³-hybridized carbons (Fsp3) is 0.172. The van der Waals surface area contributed by atoms with Crippen molar-refractivity contribution in [2.75, 3.05) is 0 Å². The van der Waals surface area contributed by atoms with Gasteiger partial charge in [-0.3, -0.25) is 13.9 Å². The first kappa shape index (κ1) is 22.1. The first-order chi connectivity index (χ1) is 17.3. The topological polar surface area (TPSA) is 58.2 Å². The lowest BCUT2D eigenvalue weighted by atomic mass is 10.0. The quantitative estimate of drug-likeness (QED) is 0.359. The van der Waals surface area contributed by atoms with Crippen LogP contribution in [0.15, 0.2) is 76.3 Å². The van der Waals surface area contributed by atoms with Crippen molar-refractivity contribution in [2.45, 2.75) is 20.0 Å². The largest absolute Gasteiger partial charge is 0.477 e. The second kappa shape index (κ2) is 7.81. The molecule has 6 nitrogen and oxygen atoms in total. The second-order valence-electron chi connectivity index (χ2n) is 9.34. The molecule has 0 amide bonds. The van der Waals surface area contributed by atoms with Gasteiger partial charge in [0, 0.05) is 25.2 Å². The number of fused-ring (bicyclic) bond motifs is 5. The maximum absolute atomic E-state index is 14.4. The van der Waals surface area contributed by atoms with E-state index in [-0.39, 0.29) is 5.56 Å². The van der Waals surface area contributed by atoms with Crippen LogP contribution in [0.2, 0.25) is 0 Å². The fourth-order valence-corrected chi connectivity index (χ4v) is 5.26. The van der Waals surface area contributed by atoms with Crippen LogP contribution in [0.4, 0.5) is 4.39 Å². The Balaban J connectivity index is 1.90. The van der Waals surface area contributed by atoms with Gasteiger partial charge < -0.3 is 9.30 Å². The summed E-state index contributed by atoms with van der Waals surface area (Å²) in [6, 6.07) is 19.9. The molecule has 0 saturated heterocycles. The molecule has 7 heteroatoms. The Bertz CT molecular complexity index is 1830. The second-order valence-corrected chi connectivity index (χ2v) is 9.34. The van der Waals surface area contributed by atoms with Crippen molar-refractivity contribution in [3.8, 4) is 22.7 Å². The van der Waals surface area contributed by atoms with Crippen molar-refractivity contribution in [2.24, 2.45) is 14.1 Å². The monoisotopic (exact) mass is 481 g/mol. The molecule has 36 heavy (non-hydrogen) atoms. The summed E-state index contributed by atoms with van der Waals surface area (Å²) in [4.78, 5) is 26.9. The van der Waals surface area contributed by atoms with Crippen molar-refractivity contribution in [3.05, 3.63) is 116 Å². The Kier molecular flexibility index (Phi) is 4.80. The van der Waals surface area contributed by atoms with Crippen LogP contribution in [0.3, 0.4) is 0 Å². The van der Waals surface area contributed by atoms with Gasteiger partial charge in [0.1, 0.15) is 11.6 Å². The van der Waals surface area contributed by atoms with E-state index in [1.165, 1.54) is 23.7 Å². The van der Waals surface area contributed by atoms with Crippen LogP contribution in [0.1, 0.15) is 28.5 Å². The maximum Gasteiger partial charge on any atom is 0.331 e. The Hall–Kier alpha value is -4.39. The highest BCUT2D eigenvalue weighted by atomic mass is 19.1. The predicted molar refractivity (Wildman–Crippen MR) is 138 cm³/mol. The predicted octanol–water partition coefficient (Wildman–Crippen LogP) is 4.93. The van der Waals surface area contributed by atoms with Gasteiger partial charge in [-0.2, -0.15) is 0 Å². The minimum Gasteiger partial charge on any atom is -0.477 e. The summed E-state index contributed by atoms with van der Waals surface area (Å²) in [5.41, 5.74) is 5.18. The first-order valence-electron chi connectivity index (χ1n) is 11.7. The lowest BCUT2D eigenvalue weighted by Crippen LogP contribution is -2.37. The molecule has 2 aromatic heterocycles. The zero-order chi connectivity index (χ0) is 25.3. The van der Waals surface area contributed by atoms with E-state index < -0.39 is 17.6 Å². The summed E-state index contributed by atoms with van der Waals surface area (Å²) >= 11 is 0. The SMILES string of the molecule is Cc1ccc2c(c1)-n1c(-c3ccccc3C)c3c(=O)n(C)c(=O)n(C)c3c1[C@H](c1cccc(F)c1)O2. The highest BCUT2D eigenvalue weighted by Gasteiger charge is 2.36. The summed E-state index contributed by atoms with van der Waals surface area (Å²) in [6.45, 7) is 3.98. The van der Waals surface area contributed by atoms with Crippen LogP contribution < -0.4 is 16.0 Å². The van der Waals surface area contributed by atoms with Crippen molar-refractivity contribution in [1.29, 1.82) is 0 Å². The fourth-order valence-electron chi connectivity index (χ4n) is 5.26. The van der Waals surface area contributed by atoms with Gasteiger partial charge in [-0.05, 0) is 49.2 Å². The molecule has 0 aliphatic carbocycles. The third-order valence-corrected chi connectivity index (χ3v) is 7.01. The smallest absolute Gasteiger partial charge is 0.331 e. The van der Waals surface area contributed by atoms with Crippen LogP contribution >= 0.6 is 0 Å². The third kappa shape index (κ3) is 3.02. The van der Waals surface area contributed by atoms with E-state index >= 15 is 0 Å². The number of aromatic nitrogens is 3. The van der Waals surface area contributed by atoms with Gasteiger partial charge in [-0.25, -0.2) is 9.18 Å². The molecular formula is C29H24FN3O3. The van der Waals surface area contributed by atoms with Crippen LogP contribution in [0.5, 0.6) is 5.75 Å². The van der Waals surface area contributed by atoms with E-state index in [9.17, 15) is 14.0 Å². The lowest BCUT2D eigenvalue weighted by molar-refractivity contribution is 0.228. The molecule has 0 spiro atoms. The lowest BCUT2D eigenvalue weighted by Gasteiger charge is -2.30. The van der Waals surface area contributed by atoms with Crippen molar-refractivity contribution < 1.29 is 9.13 Å². The van der Waals surface area contributed by atoms with Crippen LogP contribution in [-0.2, 0) is 14.1 Å². The van der Waals surface area contributed by atoms with Gasteiger partial charge in [-0.1, -0.05) is 42.5 Å². The van der Waals surface area contributed by atoms with Gasteiger partial charge in [-0.15, -0.1) is 0 Å². The van der Waals surface area contributed by atoms with E-state index in [4.69, 9.17) is 4.74 Å². The molecule has 3 aromatic carbocycles. The molecule has 3 heterocycles. The molecule has 180 valence electrons. The van der Waals surface area contributed by atoms with E-state index in [2.05, 4.69) is 0 Å². The molecule has 0 saturated carbocycles. The molecule has 0 radical (unpaired) electrons. The number of benzene rings is 3. The third-order valence-electron chi connectivity index (χ3n) is 7.01. The molecule has 1 aliphatic rings. The Morgan fingerprint density at radius 2 is 1.67 bits per heavy atom. The Labute approximate surface area is 206 Å². The number of halogens is 1. The van der Waals surface area contributed by atoms with E-state index in [0.29, 0.717) is 33.6 Å². The molecule has 0 N–H and O–H groups in total. The summed E-state index contributed by atoms with van der Waals surface area (Å²) < 4.78 is 25.5. The summed E-state index contributed by atoms with van der Waals surface area (Å²) in [7, 11) is 3.14. The minimum absolute atomic E-state index is 0.388. The number of rotatable bonds is 2. The minimum atomic E-state index is -0.742. The van der Waals surface area contributed by atoms with Crippen LogP contribution in [-0.4, -0.2) is 13.7 Å². The molecule has 1 atom stereocenters. The zero-order valence-electron chi connectivity index (χ0n) is 20.4. The average molecular weight is 482 g/mol. The van der Waals surface area contributed by atoms with E-state index in [1.54, 1.807) is 19.2 Å². The Morgan fingerprint density at radius 1 is 0.889 bits per heavy atom. The van der Waals surface area contributed by atoms with Gasteiger partial charge in [0.05, 0.1) is 28.0 Å². The Morgan fingerprint density at radius 3 is 2.42 bits per heavy atom. The summed E-state index contributed by atoms with van der Waals surface area (Å²) in [6.07, 6.45) is -0.742. The normalized spacial score (nSPS) is 14.4. The van der Waals surface area contributed by atoms with Crippen molar-refractivity contribution in [1.82, 2.24) is 13.7 Å². The van der Waals surface area contributed by atoms with Gasteiger partial charge in [0.25, 0.3) is 5.56 Å². The molecule has 0 unspecified atom stereocenters. The molecule has 1 aliphatic heterocycles. The summed E-state index contributed by atoms with van der Waals surface area (Å²) in [5, 5.41) is 0.420. The molecule has 5 aromatic rings. The molecule has 6 rings (SSSR count). The van der Waals surface area contributed by atoms with Gasteiger partial charge in [0.2, 0.25) is 0 Å². The molecular weight excluding hydrogens is 457 g/mol. The molecule has 0 fully saturated rings. The maximum atomic E-state index is 14.4. The van der Waals surface area contributed by atoms with Gasteiger partial charge >= 0.3 is 5.69 Å². The van der Waals surface area contributed by atoms with Crippen molar-refractivity contribution in [3.63, 3.8) is 0 Å². The standard InChI is InChI=1S/C29H24FN3O3/c1-16-12-13-22-21(14-16)33-24(20-11-6-5-8-17(20)2)23-25(31(3)29(35)32(4)28(23)34)26(33)27(36-22)18-9-7-10-19(30)15-18/h5-15,27H,1-4H3/t27-/m0/s1.